The Hall–Kier alpha value is -2.04. The van der Waals surface area contributed by atoms with Crippen LogP contribution in [0.4, 0.5) is 4.79 Å². The number of hydrogen-bond donors (Lipinski definition) is 1. The summed E-state index contributed by atoms with van der Waals surface area (Å²) in [7, 11) is 1.39. The first-order valence-corrected chi connectivity index (χ1v) is 3.80. The van der Waals surface area contributed by atoms with Crippen LogP contribution in [0.15, 0.2) is 24.3 Å². The lowest BCUT2D eigenvalue weighted by atomic mass is 10.2. The fourth-order valence-corrected chi connectivity index (χ4v) is 0.992. The third-order valence-corrected chi connectivity index (χ3v) is 1.57. The van der Waals surface area contributed by atoms with Crippen LogP contribution in [0.3, 0.4) is 0 Å². The van der Waals surface area contributed by atoms with Crippen LogP contribution in [0.5, 0.6) is 5.75 Å². The number of ether oxygens (including phenoxy) is 1. The van der Waals surface area contributed by atoms with Gasteiger partial charge in [-0.05, 0) is 12.1 Å². The molecule has 0 unspecified atom stereocenters. The second-order valence-corrected chi connectivity index (χ2v) is 2.44. The van der Waals surface area contributed by atoms with E-state index in [-0.39, 0.29) is 5.56 Å². The largest absolute Gasteiger partial charge is 0.530 e. The van der Waals surface area contributed by atoms with Crippen molar-refractivity contribution in [2.75, 3.05) is 7.11 Å². The van der Waals surface area contributed by atoms with Gasteiger partial charge < -0.3 is 20.0 Å². The van der Waals surface area contributed by atoms with E-state index in [1.54, 1.807) is 23.5 Å². The van der Waals surface area contributed by atoms with Crippen LogP contribution in [-0.2, 0) is 0 Å². The van der Waals surface area contributed by atoms with Gasteiger partial charge in [0.2, 0.25) is 0 Å². The van der Waals surface area contributed by atoms with Crippen LogP contribution < -0.4 is 15.2 Å². The summed E-state index contributed by atoms with van der Waals surface area (Å²) in [6.07, 6.45) is -1.64. The molecule has 0 aromatic heterocycles. The first kappa shape index (κ1) is 10.0. The normalized spacial score (nSPS) is 9.21. The molecule has 0 saturated heterocycles. The van der Waals surface area contributed by atoms with E-state index in [0.29, 0.717) is 5.75 Å². The van der Waals surface area contributed by atoms with E-state index in [4.69, 9.17) is 4.74 Å². The standard InChI is InChI=1S/C9H9NO4/c1-14-7-5-3-2-4-6(7)8(11)10-9(12)13/h2-5H,1H3,(H,10,11)(H,12,13)/p-1. The number of carboxylic acid groups (broad SMARTS) is 1. The predicted octanol–water partition coefficient (Wildman–Crippen LogP) is -0.232. The number of para-hydroxylation sites is 1. The van der Waals surface area contributed by atoms with Crippen molar-refractivity contribution in [2.45, 2.75) is 0 Å². The number of carbonyl (C=O) groups excluding carboxylic acids is 2. The van der Waals surface area contributed by atoms with Crippen molar-refractivity contribution in [3.8, 4) is 5.75 Å². The number of rotatable bonds is 2. The quantitative estimate of drug-likeness (QED) is 0.705. The lowest BCUT2D eigenvalue weighted by Gasteiger charge is -2.08. The van der Waals surface area contributed by atoms with Crippen LogP contribution in [-0.4, -0.2) is 19.1 Å². The van der Waals surface area contributed by atoms with Crippen LogP contribution >= 0.6 is 0 Å². The number of hydrogen-bond acceptors (Lipinski definition) is 4. The molecule has 0 aliphatic heterocycles. The van der Waals surface area contributed by atoms with E-state index in [1.807, 2.05) is 0 Å². The summed E-state index contributed by atoms with van der Waals surface area (Å²) in [5.74, 6) is -0.450. The highest BCUT2D eigenvalue weighted by molar-refractivity contribution is 6.03. The third-order valence-electron chi connectivity index (χ3n) is 1.57. The molecule has 0 bridgehead atoms. The molecule has 0 radical (unpaired) electrons. The molecule has 1 N–H and O–H groups in total. The molecule has 5 heteroatoms. The van der Waals surface area contributed by atoms with Crippen LogP contribution in [0.25, 0.3) is 0 Å². The molecule has 0 aliphatic rings. The van der Waals surface area contributed by atoms with Gasteiger partial charge in [0, 0.05) is 0 Å². The van der Waals surface area contributed by atoms with Gasteiger partial charge in [-0.25, -0.2) is 0 Å². The number of amides is 2. The van der Waals surface area contributed by atoms with Crippen molar-refractivity contribution in [1.82, 2.24) is 5.32 Å². The maximum Gasteiger partial charge on any atom is 0.260 e. The minimum absolute atomic E-state index is 0.152. The van der Waals surface area contributed by atoms with E-state index < -0.39 is 12.0 Å². The van der Waals surface area contributed by atoms with E-state index in [1.165, 1.54) is 13.2 Å². The zero-order valence-electron chi connectivity index (χ0n) is 7.44. The van der Waals surface area contributed by atoms with E-state index >= 15 is 0 Å². The van der Waals surface area contributed by atoms with Crippen LogP contribution in [0.1, 0.15) is 10.4 Å². The summed E-state index contributed by atoms with van der Waals surface area (Å²) in [4.78, 5) is 21.3. The predicted molar refractivity (Wildman–Crippen MR) is 45.9 cm³/mol. The summed E-state index contributed by atoms with van der Waals surface area (Å²) in [6.45, 7) is 0. The molecule has 5 nitrogen and oxygen atoms in total. The molecule has 0 aliphatic carbocycles. The van der Waals surface area contributed by atoms with E-state index in [0.717, 1.165) is 0 Å². The summed E-state index contributed by atoms with van der Waals surface area (Å²) in [5, 5.41) is 11.7. The highest BCUT2D eigenvalue weighted by Crippen LogP contribution is 2.16. The molecule has 2 amide bonds. The molecular weight excluding hydrogens is 186 g/mol. The molecule has 0 atom stereocenters. The summed E-state index contributed by atoms with van der Waals surface area (Å²) in [6, 6.07) is 6.29. The van der Waals surface area contributed by atoms with Crippen molar-refractivity contribution < 1.29 is 19.4 Å². The van der Waals surface area contributed by atoms with Crippen molar-refractivity contribution in [2.24, 2.45) is 0 Å². The lowest BCUT2D eigenvalue weighted by molar-refractivity contribution is -0.249. The Labute approximate surface area is 80.3 Å². The van der Waals surface area contributed by atoms with Crippen LogP contribution in [0.2, 0.25) is 0 Å². The summed E-state index contributed by atoms with van der Waals surface area (Å²) < 4.78 is 4.87. The fourth-order valence-electron chi connectivity index (χ4n) is 0.992. The Morgan fingerprint density at radius 2 is 2.00 bits per heavy atom. The van der Waals surface area contributed by atoms with Gasteiger partial charge in [-0.2, -0.15) is 0 Å². The highest BCUT2D eigenvalue weighted by Gasteiger charge is 2.10. The Morgan fingerprint density at radius 3 is 2.57 bits per heavy atom. The second-order valence-electron chi connectivity index (χ2n) is 2.44. The van der Waals surface area contributed by atoms with Crippen molar-refractivity contribution >= 4 is 12.0 Å². The summed E-state index contributed by atoms with van der Waals surface area (Å²) >= 11 is 0. The molecule has 0 fully saturated rings. The molecule has 14 heavy (non-hydrogen) atoms. The molecule has 74 valence electrons. The van der Waals surface area contributed by atoms with E-state index in [9.17, 15) is 14.7 Å². The second kappa shape index (κ2) is 4.27. The molecule has 0 heterocycles. The minimum Gasteiger partial charge on any atom is -0.530 e. The number of nitrogens with one attached hydrogen (secondary N) is 1. The SMILES string of the molecule is COc1ccccc1C(=O)NC(=O)[O-]. The van der Waals surface area contributed by atoms with Gasteiger partial charge in [-0.1, -0.05) is 12.1 Å². The molecule has 0 spiro atoms. The average molecular weight is 194 g/mol. The van der Waals surface area contributed by atoms with Gasteiger partial charge in [0.15, 0.2) is 0 Å². The zero-order chi connectivity index (χ0) is 10.6. The molecule has 0 saturated carbocycles. The molecule has 1 aromatic rings. The molecule has 1 aromatic carbocycles. The Morgan fingerprint density at radius 1 is 1.36 bits per heavy atom. The van der Waals surface area contributed by atoms with E-state index in [2.05, 4.69) is 0 Å². The number of carbonyl (C=O) groups is 2. The van der Waals surface area contributed by atoms with Crippen molar-refractivity contribution in [3.05, 3.63) is 29.8 Å². The molecular formula is C9H8NO4-. The first-order chi connectivity index (χ1) is 6.65. The molecule has 1 rings (SSSR count). The Kier molecular flexibility index (Phi) is 3.06. The Bertz CT molecular complexity index is 362. The smallest absolute Gasteiger partial charge is 0.260 e. The van der Waals surface area contributed by atoms with Crippen LogP contribution in [0, 0.1) is 0 Å². The Balaban J connectivity index is 2.94. The maximum atomic E-state index is 11.2. The van der Waals surface area contributed by atoms with Gasteiger partial charge in [0.25, 0.3) is 5.91 Å². The fraction of sp³-hybridized carbons (Fsp3) is 0.111. The third kappa shape index (κ3) is 2.22. The van der Waals surface area contributed by atoms with Gasteiger partial charge >= 0.3 is 0 Å². The maximum absolute atomic E-state index is 11.2. The lowest BCUT2D eigenvalue weighted by Crippen LogP contribution is -2.40. The number of imide groups is 1. The van der Waals surface area contributed by atoms with Gasteiger partial charge in [0.1, 0.15) is 11.8 Å². The zero-order valence-corrected chi connectivity index (χ0v) is 7.44. The first-order valence-electron chi connectivity index (χ1n) is 3.80. The topological polar surface area (TPSA) is 78.5 Å². The summed E-state index contributed by atoms with van der Waals surface area (Å²) in [5.41, 5.74) is 0.152. The number of benzene rings is 1. The highest BCUT2D eigenvalue weighted by atomic mass is 16.5. The van der Waals surface area contributed by atoms with Gasteiger partial charge in [0.05, 0.1) is 12.7 Å². The van der Waals surface area contributed by atoms with Crippen molar-refractivity contribution in [3.63, 3.8) is 0 Å². The van der Waals surface area contributed by atoms with Crippen molar-refractivity contribution in [1.29, 1.82) is 0 Å². The number of methoxy groups -OCH3 is 1. The van der Waals surface area contributed by atoms with Gasteiger partial charge in [-0.3, -0.25) is 4.79 Å². The minimum atomic E-state index is -1.64. The average Bonchev–Trinajstić information content (AvgIpc) is 2.16. The van der Waals surface area contributed by atoms with Gasteiger partial charge in [-0.15, -0.1) is 0 Å². The monoisotopic (exact) mass is 194 g/mol.